The second-order valence-electron chi connectivity index (χ2n) is 5.36. The molecule has 0 spiro atoms. The van der Waals surface area contributed by atoms with Crippen LogP contribution in [-0.2, 0) is 21.1 Å². The Bertz CT molecular complexity index is 926. The van der Waals surface area contributed by atoms with Crippen LogP contribution in [0.1, 0.15) is 27.7 Å². The number of phenolic OH excluding ortho intramolecular Hbond substituents is 2. The number of rotatable bonds is 1. The van der Waals surface area contributed by atoms with Crippen LogP contribution in [0.2, 0.25) is 0 Å². The maximum Gasteiger partial charge on any atom is 0.124 e. The first-order chi connectivity index (χ1) is 12.8. The Morgan fingerprint density at radius 1 is 0.481 bits per heavy atom. The molecule has 0 amide bonds. The van der Waals surface area contributed by atoms with E-state index in [9.17, 15) is 10.2 Å². The largest absolute Gasteiger partial charge is 0.507 e. The second kappa shape index (κ2) is 10.7. The van der Waals surface area contributed by atoms with Crippen LogP contribution >= 0.6 is 0 Å². The predicted octanol–water partition coefficient (Wildman–Crippen LogP) is 7.12. The van der Waals surface area contributed by atoms with Crippen LogP contribution in [-0.4, -0.2) is 10.2 Å². The van der Waals surface area contributed by atoms with Crippen molar-refractivity contribution in [2.45, 2.75) is 27.7 Å². The smallest absolute Gasteiger partial charge is 0.124 e. The van der Waals surface area contributed by atoms with Crippen molar-refractivity contribution in [1.29, 1.82) is 0 Å². The van der Waals surface area contributed by atoms with E-state index in [0.717, 1.165) is 21.5 Å². The summed E-state index contributed by atoms with van der Waals surface area (Å²) in [4.78, 5) is 0. The third-order valence-electron chi connectivity index (χ3n) is 4.06. The van der Waals surface area contributed by atoms with Gasteiger partial charge in [-0.3, -0.25) is 0 Å². The topological polar surface area (TPSA) is 40.5 Å². The standard InChI is InChI=1S/C20H14O2.2C2H6.W/c21-17-11-9-13-5-1-3-7-15(13)19(17)20-16-8-4-2-6-14(16)10-12-18(20)22;2*1-2;/h1-12,21-22H;2*1-2H3;. The van der Waals surface area contributed by atoms with E-state index in [0.29, 0.717) is 11.1 Å². The Kier molecular flexibility index (Phi) is 9.04. The fourth-order valence-electron chi connectivity index (χ4n) is 3.05. The minimum absolute atomic E-state index is 0. The summed E-state index contributed by atoms with van der Waals surface area (Å²) < 4.78 is 0. The molecule has 0 aliphatic rings. The Balaban J connectivity index is 0.000000686. The molecule has 4 aromatic rings. The van der Waals surface area contributed by atoms with Gasteiger partial charge in [0.25, 0.3) is 0 Å². The van der Waals surface area contributed by atoms with Gasteiger partial charge in [0, 0.05) is 32.2 Å². The normalized spacial score (nSPS) is 9.48. The maximum absolute atomic E-state index is 10.4. The number of hydrogen-bond acceptors (Lipinski definition) is 2. The van der Waals surface area contributed by atoms with Gasteiger partial charge in [0.1, 0.15) is 11.5 Å². The fourth-order valence-corrected chi connectivity index (χ4v) is 3.05. The van der Waals surface area contributed by atoms with Gasteiger partial charge < -0.3 is 10.2 Å². The quantitative estimate of drug-likeness (QED) is 0.275. The van der Waals surface area contributed by atoms with E-state index in [2.05, 4.69) is 0 Å². The molecule has 4 aromatic carbocycles. The molecular weight excluding hydrogens is 504 g/mol. The molecular formula is C24H26O2W. The summed E-state index contributed by atoms with van der Waals surface area (Å²) in [6, 6.07) is 22.9. The van der Waals surface area contributed by atoms with Crippen LogP contribution < -0.4 is 0 Å². The van der Waals surface area contributed by atoms with Gasteiger partial charge in [-0.25, -0.2) is 0 Å². The maximum atomic E-state index is 10.4. The summed E-state index contributed by atoms with van der Waals surface area (Å²) in [5, 5.41) is 24.8. The summed E-state index contributed by atoms with van der Waals surface area (Å²) in [7, 11) is 0. The number of hydrogen-bond donors (Lipinski definition) is 2. The minimum atomic E-state index is 0. The van der Waals surface area contributed by atoms with Crippen molar-refractivity contribution in [2.24, 2.45) is 0 Å². The molecule has 140 valence electrons. The van der Waals surface area contributed by atoms with E-state index in [-0.39, 0.29) is 32.6 Å². The molecule has 0 aliphatic carbocycles. The Hall–Kier alpha value is -2.31. The van der Waals surface area contributed by atoms with Gasteiger partial charge >= 0.3 is 0 Å². The van der Waals surface area contributed by atoms with Crippen LogP contribution in [0.4, 0.5) is 0 Å². The molecule has 27 heavy (non-hydrogen) atoms. The molecule has 0 radical (unpaired) electrons. The number of benzene rings is 4. The molecule has 0 saturated heterocycles. The minimum Gasteiger partial charge on any atom is -0.507 e. The molecule has 0 heterocycles. The molecule has 3 heteroatoms. The van der Waals surface area contributed by atoms with E-state index in [1.165, 1.54) is 0 Å². The van der Waals surface area contributed by atoms with E-state index < -0.39 is 0 Å². The van der Waals surface area contributed by atoms with Crippen LogP contribution in [0.5, 0.6) is 11.5 Å². The summed E-state index contributed by atoms with van der Waals surface area (Å²) in [6.45, 7) is 8.00. The molecule has 0 unspecified atom stereocenters. The zero-order chi connectivity index (χ0) is 19.1. The molecule has 0 fully saturated rings. The number of fused-ring (bicyclic) bond motifs is 2. The van der Waals surface area contributed by atoms with Crippen molar-refractivity contribution >= 4 is 21.5 Å². The van der Waals surface area contributed by atoms with E-state index >= 15 is 0 Å². The molecule has 2 N–H and O–H groups in total. The molecule has 0 aromatic heterocycles. The summed E-state index contributed by atoms with van der Waals surface area (Å²) >= 11 is 0. The van der Waals surface area contributed by atoms with Crippen molar-refractivity contribution in [1.82, 2.24) is 0 Å². The Labute approximate surface area is 175 Å². The van der Waals surface area contributed by atoms with Gasteiger partial charge in [-0.05, 0) is 33.7 Å². The summed E-state index contributed by atoms with van der Waals surface area (Å²) in [6.07, 6.45) is 0. The van der Waals surface area contributed by atoms with E-state index in [1.54, 1.807) is 12.1 Å². The average molecular weight is 530 g/mol. The zero-order valence-corrected chi connectivity index (χ0v) is 19.2. The first-order valence-corrected chi connectivity index (χ1v) is 9.17. The van der Waals surface area contributed by atoms with Crippen molar-refractivity contribution in [3.8, 4) is 22.6 Å². The van der Waals surface area contributed by atoms with Gasteiger partial charge in [0.15, 0.2) is 0 Å². The van der Waals surface area contributed by atoms with Crippen molar-refractivity contribution < 1.29 is 31.3 Å². The summed E-state index contributed by atoms with van der Waals surface area (Å²) in [5.74, 6) is 0.343. The van der Waals surface area contributed by atoms with E-state index in [4.69, 9.17) is 0 Å². The average Bonchev–Trinajstić information content (AvgIpc) is 2.72. The third kappa shape index (κ3) is 4.51. The third-order valence-corrected chi connectivity index (χ3v) is 4.06. The molecule has 0 atom stereocenters. The van der Waals surface area contributed by atoms with Crippen molar-refractivity contribution in [3.63, 3.8) is 0 Å². The molecule has 4 rings (SSSR count). The molecule has 0 bridgehead atoms. The fraction of sp³-hybridized carbons (Fsp3) is 0.167. The van der Waals surface area contributed by atoms with Gasteiger partial charge in [-0.2, -0.15) is 0 Å². The molecule has 2 nitrogen and oxygen atoms in total. The molecule has 0 aliphatic heterocycles. The Morgan fingerprint density at radius 2 is 0.815 bits per heavy atom. The zero-order valence-electron chi connectivity index (χ0n) is 16.2. The van der Waals surface area contributed by atoms with Gasteiger partial charge in [-0.15, -0.1) is 0 Å². The van der Waals surface area contributed by atoms with Crippen LogP contribution in [0.3, 0.4) is 0 Å². The summed E-state index contributed by atoms with van der Waals surface area (Å²) in [5.41, 5.74) is 1.35. The number of aromatic hydroxyl groups is 2. The van der Waals surface area contributed by atoms with Crippen molar-refractivity contribution in [2.75, 3.05) is 0 Å². The van der Waals surface area contributed by atoms with Crippen LogP contribution in [0.25, 0.3) is 32.7 Å². The van der Waals surface area contributed by atoms with Crippen molar-refractivity contribution in [3.05, 3.63) is 72.8 Å². The van der Waals surface area contributed by atoms with Gasteiger partial charge in [0.05, 0.1) is 0 Å². The SMILES string of the molecule is CC.CC.Oc1ccc2ccccc2c1-c1c(O)ccc2ccccc12.[W]. The second-order valence-corrected chi connectivity index (χ2v) is 5.36. The van der Waals surface area contributed by atoms with Gasteiger partial charge in [0.2, 0.25) is 0 Å². The van der Waals surface area contributed by atoms with Gasteiger partial charge in [-0.1, -0.05) is 88.4 Å². The number of phenols is 2. The van der Waals surface area contributed by atoms with Crippen LogP contribution in [0, 0.1) is 0 Å². The molecule has 0 saturated carbocycles. The van der Waals surface area contributed by atoms with Crippen LogP contribution in [0.15, 0.2) is 72.8 Å². The first-order valence-electron chi connectivity index (χ1n) is 9.17. The monoisotopic (exact) mass is 530 g/mol. The van der Waals surface area contributed by atoms with E-state index in [1.807, 2.05) is 88.4 Å². The first kappa shape index (κ1) is 22.7. The Morgan fingerprint density at radius 3 is 1.19 bits per heavy atom. The predicted molar refractivity (Wildman–Crippen MR) is 113 cm³/mol.